The van der Waals surface area contributed by atoms with Crippen molar-refractivity contribution in [3.8, 4) is 0 Å². The first-order valence-electron chi connectivity index (χ1n) is 4.88. The van der Waals surface area contributed by atoms with Crippen molar-refractivity contribution in [1.29, 1.82) is 0 Å². The van der Waals surface area contributed by atoms with E-state index in [2.05, 4.69) is 15.3 Å². The molecule has 84 valence electrons. The maximum absolute atomic E-state index is 11.9. The summed E-state index contributed by atoms with van der Waals surface area (Å²) in [5.41, 5.74) is 1.56. The van der Waals surface area contributed by atoms with Gasteiger partial charge in [-0.3, -0.25) is 14.6 Å². The number of rotatable bonds is 3. The molecule has 0 aliphatic rings. The van der Waals surface area contributed by atoms with Crippen molar-refractivity contribution in [2.45, 2.75) is 6.54 Å². The third-order valence-electron chi connectivity index (χ3n) is 2.27. The Morgan fingerprint density at radius 3 is 2.94 bits per heavy atom. The molecule has 0 aromatic carbocycles. The number of nitrogens with one attached hydrogen (secondary N) is 1. The molecule has 0 spiro atoms. The van der Waals surface area contributed by atoms with Crippen molar-refractivity contribution < 1.29 is 4.79 Å². The van der Waals surface area contributed by atoms with Crippen LogP contribution in [-0.2, 0) is 13.6 Å². The quantitative estimate of drug-likeness (QED) is 0.813. The van der Waals surface area contributed by atoms with Gasteiger partial charge in [0, 0.05) is 38.6 Å². The topological polar surface area (TPSA) is 66.8 Å². The lowest BCUT2D eigenvalue weighted by atomic mass is 10.3. The lowest BCUT2D eigenvalue weighted by molar-refractivity contribution is 0.0785. The zero-order chi connectivity index (χ0) is 11.5. The fraction of sp³-hybridized carbons (Fsp3) is 0.300. The van der Waals surface area contributed by atoms with Crippen LogP contribution in [0.4, 0.5) is 0 Å². The van der Waals surface area contributed by atoms with Crippen LogP contribution in [0.2, 0.25) is 0 Å². The first-order chi connectivity index (χ1) is 7.66. The third kappa shape index (κ3) is 2.10. The minimum absolute atomic E-state index is 0.0578. The molecule has 0 aliphatic heterocycles. The largest absolute Gasteiger partial charge is 0.337 e. The molecule has 0 unspecified atom stereocenters. The van der Waals surface area contributed by atoms with Gasteiger partial charge in [-0.2, -0.15) is 10.2 Å². The second kappa shape index (κ2) is 4.18. The van der Waals surface area contributed by atoms with Crippen LogP contribution >= 0.6 is 0 Å². The van der Waals surface area contributed by atoms with E-state index in [1.807, 2.05) is 13.2 Å². The van der Waals surface area contributed by atoms with E-state index in [1.54, 1.807) is 29.0 Å². The SMILES string of the molecule is CN(Cc1cnn(C)c1)C(=O)c1cn[nH]c1. The van der Waals surface area contributed by atoms with E-state index in [0.717, 1.165) is 5.56 Å². The van der Waals surface area contributed by atoms with Gasteiger partial charge in [-0.25, -0.2) is 0 Å². The normalized spacial score (nSPS) is 10.4. The Morgan fingerprint density at radius 1 is 1.56 bits per heavy atom. The molecule has 2 rings (SSSR count). The summed E-state index contributed by atoms with van der Waals surface area (Å²) in [6.45, 7) is 0.540. The van der Waals surface area contributed by atoms with Crippen LogP contribution < -0.4 is 0 Å². The van der Waals surface area contributed by atoms with Gasteiger partial charge in [-0.1, -0.05) is 0 Å². The van der Waals surface area contributed by atoms with Crippen LogP contribution in [0, 0.1) is 0 Å². The van der Waals surface area contributed by atoms with E-state index in [-0.39, 0.29) is 5.91 Å². The summed E-state index contributed by atoms with van der Waals surface area (Å²) in [6.07, 6.45) is 6.74. The first kappa shape index (κ1) is 10.4. The van der Waals surface area contributed by atoms with Gasteiger partial charge in [-0.15, -0.1) is 0 Å². The summed E-state index contributed by atoms with van der Waals surface area (Å²) in [7, 11) is 3.60. The highest BCUT2D eigenvalue weighted by Gasteiger charge is 2.13. The summed E-state index contributed by atoms with van der Waals surface area (Å²) in [5, 5.41) is 10.4. The molecular formula is C10H13N5O. The number of hydrogen-bond acceptors (Lipinski definition) is 3. The smallest absolute Gasteiger partial charge is 0.257 e. The van der Waals surface area contributed by atoms with Crippen molar-refractivity contribution in [3.63, 3.8) is 0 Å². The Bertz CT molecular complexity index is 473. The lowest BCUT2D eigenvalue weighted by Crippen LogP contribution is -2.25. The van der Waals surface area contributed by atoms with Gasteiger partial charge in [0.1, 0.15) is 0 Å². The molecule has 0 fully saturated rings. The van der Waals surface area contributed by atoms with Crippen LogP contribution in [0.5, 0.6) is 0 Å². The monoisotopic (exact) mass is 219 g/mol. The Hall–Kier alpha value is -2.11. The number of H-pyrrole nitrogens is 1. The Balaban J connectivity index is 2.03. The average Bonchev–Trinajstić information content (AvgIpc) is 2.88. The fourth-order valence-electron chi connectivity index (χ4n) is 1.49. The Labute approximate surface area is 92.9 Å². The van der Waals surface area contributed by atoms with E-state index < -0.39 is 0 Å². The van der Waals surface area contributed by atoms with E-state index in [1.165, 1.54) is 6.20 Å². The summed E-state index contributed by atoms with van der Waals surface area (Å²) in [6, 6.07) is 0. The molecular weight excluding hydrogens is 206 g/mol. The molecule has 2 heterocycles. The highest BCUT2D eigenvalue weighted by atomic mass is 16.2. The molecule has 0 atom stereocenters. The van der Waals surface area contributed by atoms with Gasteiger partial charge in [0.15, 0.2) is 0 Å². The number of hydrogen-bond donors (Lipinski definition) is 1. The second-order valence-electron chi connectivity index (χ2n) is 3.67. The molecule has 1 N–H and O–H groups in total. The van der Waals surface area contributed by atoms with Gasteiger partial charge in [0.05, 0.1) is 18.0 Å². The predicted molar refractivity (Wildman–Crippen MR) is 57.6 cm³/mol. The summed E-state index contributed by atoms with van der Waals surface area (Å²) in [5.74, 6) is -0.0578. The second-order valence-corrected chi connectivity index (χ2v) is 3.67. The van der Waals surface area contributed by atoms with Crippen LogP contribution in [0.3, 0.4) is 0 Å². The molecule has 2 aromatic heterocycles. The number of carbonyl (C=O) groups is 1. The standard InChI is InChI=1S/C10H13N5O/c1-14(6-8-3-13-15(2)7-8)10(16)9-4-11-12-5-9/h3-5,7H,6H2,1-2H3,(H,11,12). The molecule has 0 radical (unpaired) electrons. The number of aryl methyl sites for hydroxylation is 1. The summed E-state index contributed by atoms with van der Waals surface area (Å²) >= 11 is 0. The minimum atomic E-state index is -0.0578. The number of amides is 1. The van der Waals surface area contributed by atoms with Gasteiger partial charge in [0.25, 0.3) is 5.91 Å². The molecule has 0 bridgehead atoms. The van der Waals surface area contributed by atoms with Crippen molar-refractivity contribution in [1.82, 2.24) is 24.9 Å². The van der Waals surface area contributed by atoms with E-state index in [0.29, 0.717) is 12.1 Å². The van der Waals surface area contributed by atoms with Gasteiger partial charge >= 0.3 is 0 Å². The van der Waals surface area contributed by atoms with E-state index in [9.17, 15) is 4.79 Å². The zero-order valence-electron chi connectivity index (χ0n) is 9.21. The first-order valence-corrected chi connectivity index (χ1v) is 4.88. The maximum Gasteiger partial charge on any atom is 0.257 e. The molecule has 0 saturated carbocycles. The Kier molecular flexibility index (Phi) is 2.72. The number of aromatic amines is 1. The van der Waals surface area contributed by atoms with Crippen LogP contribution in [-0.4, -0.2) is 37.8 Å². The molecule has 6 nitrogen and oxygen atoms in total. The van der Waals surface area contributed by atoms with Crippen LogP contribution in [0.15, 0.2) is 24.8 Å². The van der Waals surface area contributed by atoms with Crippen molar-refractivity contribution in [2.24, 2.45) is 7.05 Å². The number of nitrogens with zero attached hydrogens (tertiary/aromatic N) is 4. The zero-order valence-corrected chi connectivity index (χ0v) is 9.21. The number of aromatic nitrogens is 4. The van der Waals surface area contributed by atoms with Crippen LogP contribution in [0.25, 0.3) is 0 Å². The van der Waals surface area contributed by atoms with Gasteiger partial charge < -0.3 is 4.90 Å². The maximum atomic E-state index is 11.9. The minimum Gasteiger partial charge on any atom is -0.337 e. The van der Waals surface area contributed by atoms with Gasteiger partial charge in [0.2, 0.25) is 0 Å². The van der Waals surface area contributed by atoms with E-state index >= 15 is 0 Å². The molecule has 0 aliphatic carbocycles. The van der Waals surface area contributed by atoms with Crippen molar-refractivity contribution in [3.05, 3.63) is 35.9 Å². The molecule has 1 amide bonds. The van der Waals surface area contributed by atoms with Gasteiger partial charge in [-0.05, 0) is 0 Å². The molecule has 16 heavy (non-hydrogen) atoms. The average molecular weight is 219 g/mol. The van der Waals surface area contributed by atoms with Crippen molar-refractivity contribution >= 4 is 5.91 Å². The fourth-order valence-corrected chi connectivity index (χ4v) is 1.49. The van der Waals surface area contributed by atoms with E-state index in [4.69, 9.17) is 0 Å². The summed E-state index contributed by atoms with van der Waals surface area (Å²) in [4.78, 5) is 13.5. The highest BCUT2D eigenvalue weighted by Crippen LogP contribution is 2.05. The summed E-state index contributed by atoms with van der Waals surface area (Å²) < 4.78 is 1.71. The number of carbonyl (C=O) groups excluding carboxylic acids is 1. The molecule has 6 heteroatoms. The third-order valence-corrected chi connectivity index (χ3v) is 2.27. The molecule has 2 aromatic rings. The van der Waals surface area contributed by atoms with Crippen LogP contribution in [0.1, 0.15) is 15.9 Å². The predicted octanol–water partition coefficient (Wildman–Crippen LogP) is 0.415. The molecule has 0 saturated heterocycles. The Morgan fingerprint density at radius 2 is 2.38 bits per heavy atom. The van der Waals surface area contributed by atoms with Crippen molar-refractivity contribution in [2.75, 3.05) is 7.05 Å². The highest BCUT2D eigenvalue weighted by molar-refractivity contribution is 5.93. The lowest BCUT2D eigenvalue weighted by Gasteiger charge is -2.14.